The molecule has 0 aromatic carbocycles. The van der Waals surface area contributed by atoms with Gasteiger partial charge in [-0.05, 0) is 46.3 Å². The third-order valence-electron chi connectivity index (χ3n) is 3.82. The Balaban J connectivity index is 2.10. The lowest BCUT2D eigenvalue weighted by Crippen LogP contribution is -2.46. The molecule has 1 saturated carbocycles. The van der Waals surface area contributed by atoms with Crippen LogP contribution in [0.4, 0.5) is 0 Å². The minimum atomic E-state index is -0.0325. The minimum Gasteiger partial charge on any atom is -0.349 e. The average molecular weight is 311 g/mol. The molecule has 1 aromatic heterocycles. The summed E-state index contributed by atoms with van der Waals surface area (Å²) in [5.41, 5.74) is 0.793. The lowest BCUT2D eigenvalue weighted by molar-refractivity contribution is 0.0852. The maximum atomic E-state index is 12.2. The Morgan fingerprint density at radius 2 is 2.28 bits per heavy atom. The van der Waals surface area contributed by atoms with Gasteiger partial charge in [0, 0.05) is 12.2 Å². The van der Waals surface area contributed by atoms with Crippen molar-refractivity contribution in [3.63, 3.8) is 0 Å². The number of carbonyl (C=O) groups is 1. The molecule has 1 fully saturated rings. The summed E-state index contributed by atoms with van der Waals surface area (Å²) in [6.07, 6.45) is 6.37. The van der Waals surface area contributed by atoms with Gasteiger partial charge in [-0.1, -0.05) is 26.7 Å². The standard InChI is InChI=1S/C14H19BrN2O/c1-14(2)8-4-3-7-11(14)17-13(18)10-6-5-9-16-12(10)15/h5-6,9,11H,3-4,7-8H2,1-2H3,(H,17,18). The second kappa shape index (κ2) is 5.39. The number of hydrogen-bond acceptors (Lipinski definition) is 2. The fraction of sp³-hybridized carbons (Fsp3) is 0.571. The molecule has 3 nitrogen and oxygen atoms in total. The zero-order chi connectivity index (χ0) is 13.2. The molecule has 0 radical (unpaired) electrons. The van der Waals surface area contributed by atoms with Crippen LogP contribution in [0.25, 0.3) is 0 Å². The van der Waals surface area contributed by atoms with Crippen LogP contribution < -0.4 is 5.32 Å². The van der Waals surface area contributed by atoms with Crippen molar-refractivity contribution in [1.29, 1.82) is 0 Å². The van der Waals surface area contributed by atoms with Crippen molar-refractivity contribution < 1.29 is 4.79 Å². The van der Waals surface area contributed by atoms with Gasteiger partial charge >= 0.3 is 0 Å². The summed E-state index contributed by atoms with van der Waals surface area (Å²) < 4.78 is 0.608. The smallest absolute Gasteiger partial charge is 0.254 e. The first kappa shape index (κ1) is 13.5. The zero-order valence-corrected chi connectivity index (χ0v) is 12.5. The van der Waals surface area contributed by atoms with Crippen molar-refractivity contribution in [2.75, 3.05) is 0 Å². The third kappa shape index (κ3) is 2.91. The van der Waals surface area contributed by atoms with Gasteiger partial charge in [-0.25, -0.2) is 4.98 Å². The number of carbonyl (C=O) groups excluding carboxylic acids is 1. The van der Waals surface area contributed by atoms with Crippen LogP contribution in [-0.4, -0.2) is 16.9 Å². The molecule has 1 unspecified atom stereocenters. The van der Waals surface area contributed by atoms with Gasteiger partial charge < -0.3 is 5.32 Å². The molecular formula is C14H19BrN2O. The lowest BCUT2D eigenvalue weighted by Gasteiger charge is -2.39. The Kier molecular flexibility index (Phi) is 4.05. The van der Waals surface area contributed by atoms with Crippen molar-refractivity contribution >= 4 is 21.8 Å². The van der Waals surface area contributed by atoms with Crippen LogP contribution in [-0.2, 0) is 0 Å². The van der Waals surface area contributed by atoms with Crippen LogP contribution in [0.15, 0.2) is 22.9 Å². The summed E-state index contributed by atoms with van der Waals surface area (Å²) in [7, 11) is 0. The molecule has 0 saturated heterocycles. The minimum absolute atomic E-state index is 0.0325. The van der Waals surface area contributed by atoms with Crippen LogP contribution in [0.5, 0.6) is 0 Å². The second-order valence-electron chi connectivity index (χ2n) is 5.60. The highest BCUT2D eigenvalue weighted by atomic mass is 79.9. The van der Waals surface area contributed by atoms with Crippen LogP contribution in [0.1, 0.15) is 49.9 Å². The Hall–Kier alpha value is -0.900. The normalized spacial score (nSPS) is 22.5. The summed E-state index contributed by atoms with van der Waals surface area (Å²) in [6.45, 7) is 4.46. The molecule has 2 rings (SSSR count). The van der Waals surface area contributed by atoms with E-state index in [0.29, 0.717) is 10.2 Å². The highest BCUT2D eigenvalue weighted by Gasteiger charge is 2.33. The monoisotopic (exact) mass is 310 g/mol. The zero-order valence-electron chi connectivity index (χ0n) is 10.9. The van der Waals surface area contributed by atoms with Gasteiger partial charge in [-0.15, -0.1) is 0 Å². The molecule has 1 aliphatic carbocycles. The van der Waals surface area contributed by atoms with Crippen LogP contribution in [0.3, 0.4) is 0 Å². The highest BCUT2D eigenvalue weighted by molar-refractivity contribution is 9.10. The number of amides is 1. The molecule has 1 heterocycles. The summed E-state index contributed by atoms with van der Waals surface area (Å²) >= 11 is 3.32. The molecule has 0 spiro atoms. The van der Waals surface area contributed by atoms with Gasteiger partial charge in [-0.2, -0.15) is 0 Å². The second-order valence-corrected chi connectivity index (χ2v) is 6.35. The molecule has 1 aromatic rings. The number of hydrogen-bond donors (Lipinski definition) is 1. The molecule has 4 heteroatoms. The Morgan fingerprint density at radius 3 is 2.94 bits per heavy atom. The van der Waals surface area contributed by atoms with Crippen molar-refractivity contribution in [3.8, 4) is 0 Å². The summed E-state index contributed by atoms with van der Waals surface area (Å²) in [5.74, 6) is -0.0325. The molecular weight excluding hydrogens is 292 g/mol. The molecule has 1 aliphatic rings. The number of rotatable bonds is 2. The van der Waals surface area contributed by atoms with Gasteiger partial charge in [0.2, 0.25) is 0 Å². The topological polar surface area (TPSA) is 42.0 Å². The first-order valence-electron chi connectivity index (χ1n) is 6.42. The molecule has 0 bridgehead atoms. The van der Waals surface area contributed by atoms with E-state index in [0.717, 1.165) is 6.42 Å². The lowest BCUT2D eigenvalue weighted by atomic mass is 9.73. The summed E-state index contributed by atoms with van der Waals surface area (Å²) in [6, 6.07) is 3.83. The number of nitrogens with one attached hydrogen (secondary N) is 1. The van der Waals surface area contributed by atoms with Crippen molar-refractivity contribution in [2.24, 2.45) is 5.41 Å². The van der Waals surface area contributed by atoms with E-state index < -0.39 is 0 Å². The largest absolute Gasteiger partial charge is 0.349 e. The van der Waals surface area contributed by atoms with Crippen LogP contribution >= 0.6 is 15.9 Å². The predicted octanol–water partition coefficient (Wildman–Crippen LogP) is 3.54. The Labute approximate surface area is 117 Å². The van der Waals surface area contributed by atoms with E-state index >= 15 is 0 Å². The van der Waals surface area contributed by atoms with Crippen molar-refractivity contribution in [2.45, 2.75) is 45.6 Å². The van der Waals surface area contributed by atoms with E-state index in [-0.39, 0.29) is 17.4 Å². The van der Waals surface area contributed by atoms with E-state index in [1.165, 1.54) is 19.3 Å². The summed E-state index contributed by atoms with van der Waals surface area (Å²) in [5, 5.41) is 3.16. The number of nitrogens with zero attached hydrogens (tertiary/aromatic N) is 1. The van der Waals surface area contributed by atoms with E-state index in [4.69, 9.17) is 0 Å². The first-order valence-corrected chi connectivity index (χ1v) is 7.21. The third-order valence-corrected chi connectivity index (χ3v) is 4.45. The van der Waals surface area contributed by atoms with Gasteiger partial charge in [0.15, 0.2) is 0 Å². The number of halogens is 1. The first-order chi connectivity index (χ1) is 8.50. The maximum absolute atomic E-state index is 12.2. The highest BCUT2D eigenvalue weighted by Crippen LogP contribution is 2.35. The SMILES string of the molecule is CC1(C)CCCCC1NC(=O)c1cccnc1Br. The van der Waals surface area contributed by atoms with Crippen molar-refractivity contribution in [1.82, 2.24) is 10.3 Å². The van der Waals surface area contributed by atoms with Crippen molar-refractivity contribution in [3.05, 3.63) is 28.5 Å². The Bertz CT molecular complexity index is 445. The fourth-order valence-electron chi connectivity index (χ4n) is 2.55. The molecule has 98 valence electrons. The number of pyridine rings is 1. The van der Waals surface area contributed by atoms with E-state index in [9.17, 15) is 4.79 Å². The van der Waals surface area contributed by atoms with Gasteiger partial charge in [0.05, 0.1) is 5.56 Å². The molecule has 18 heavy (non-hydrogen) atoms. The molecule has 1 atom stereocenters. The summed E-state index contributed by atoms with van der Waals surface area (Å²) in [4.78, 5) is 16.3. The van der Waals surface area contributed by atoms with Gasteiger partial charge in [0.1, 0.15) is 4.60 Å². The number of aromatic nitrogens is 1. The van der Waals surface area contributed by atoms with E-state index in [2.05, 4.69) is 40.1 Å². The maximum Gasteiger partial charge on any atom is 0.254 e. The van der Waals surface area contributed by atoms with Crippen LogP contribution in [0.2, 0.25) is 0 Å². The fourth-order valence-corrected chi connectivity index (χ4v) is 2.98. The predicted molar refractivity (Wildman–Crippen MR) is 75.4 cm³/mol. The van der Waals surface area contributed by atoms with E-state index in [1.807, 2.05) is 0 Å². The van der Waals surface area contributed by atoms with E-state index in [1.54, 1.807) is 18.3 Å². The average Bonchev–Trinajstić information content (AvgIpc) is 2.32. The Morgan fingerprint density at radius 1 is 1.50 bits per heavy atom. The van der Waals surface area contributed by atoms with Gasteiger partial charge in [0.25, 0.3) is 5.91 Å². The molecule has 1 amide bonds. The molecule has 0 aliphatic heterocycles. The molecule has 1 N–H and O–H groups in total. The quantitative estimate of drug-likeness (QED) is 0.849. The van der Waals surface area contributed by atoms with Gasteiger partial charge in [-0.3, -0.25) is 4.79 Å². The van der Waals surface area contributed by atoms with Crippen LogP contribution in [0, 0.1) is 5.41 Å².